The van der Waals surface area contributed by atoms with Crippen LogP contribution in [0.25, 0.3) is 33.3 Å². The predicted octanol–water partition coefficient (Wildman–Crippen LogP) is 1.97. The lowest BCUT2D eigenvalue weighted by molar-refractivity contribution is -0.122. The summed E-state index contributed by atoms with van der Waals surface area (Å²) in [5.74, 6) is -0.525. The molecule has 0 aliphatic rings. The van der Waals surface area contributed by atoms with E-state index in [2.05, 4.69) is 30.9 Å². The number of amides is 3. The van der Waals surface area contributed by atoms with Crippen molar-refractivity contribution in [1.82, 2.24) is 25.6 Å². The lowest BCUT2D eigenvalue weighted by atomic mass is 10.1. The van der Waals surface area contributed by atoms with Crippen molar-refractivity contribution in [3.63, 3.8) is 0 Å². The third kappa shape index (κ3) is 6.29. The van der Waals surface area contributed by atoms with Gasteiger partial charge in [0.2, 0.25) is 5.91 Å². The molecular formula is C25H27FN6O5. The van der Waals surface area contributed by atoms with Gasteiger partial charge in [0.25, 0.3) is 5.56 Å². The summed E-state index contributed by atoms with van der Waals surface area (Å²) in [5, 5.41) is 27.8. The number of urea groups is 1. The molecular weight excluding hydrogens is 483 g/mol. The number of anilines is 1. The van der Waals surface area contributed by atoms with E-state index in [1.807, 2.05) is 0 Å². The number of rotatable bonds is 9. The second-order valence-corrected chi connectivity index (χ2v) is 8.62. The number of hydrogen-bond donors (Lipinski definition) is 7. The molecule has 12 heteroatoms. The fourth-order valence-corrected chi connectivity index (χ4v) is 3.94. The number of carbonyl (C=O) groups excluding carboxylic acids is 2. The van der Waals surface area contributed by atoms with Crippen molar-refractivity contribution < 1.29 is 24.2 Å². The lowest BCUT2D eigenvalue weighted by Gasteiger charge is -2.15. The van der Waals surface area contributed by atoms with E-state index < -0.39 is 29.6 Å². The Bertz CT molecular complexity index is 1500. The highest BCUT2D eigenvalue weighted by molar-refractivity contribution is 5.92. The van der Waals surface area contributed by atoms with Gasteiger partial charge in [-0.25, -0.2) is 14.2 Å². The van der Waals surface area contributed by atoms with Crippen molar-refractivity contribution in [2.24, 2.45) is 0 Å². The molecule has 4 aromatic rings. The zero-order chi connectivity index (χ0) is 26.5. The summed E-state index contributed by atoms with van der Waals surface area (Å²) in [7, 11) is 1.46. The van der Waals surface area contributed by atoms with Gasteiger partial charge in [-0.3, -0.25) is 9.59 Å². The Balaban J connectivity index is 1.37. The Labute approximate surface area is 210 Å². The molecule has 2 aromatic heterocycles. The van der Waals surface area contributed by atoms with E-state index in [1.165, 1.54) is 25.2 Å². The maximum absolute atomic E-state index is 14.2. The predicted molar refractivity (Wildman–Crippen MR) is 137 cm³/mol. The molecule has 0 fully saturated rings. The first-order chi connectivity index (χ1) is 17.7. The fourth-order valence-electron chi connectivity index (χ4n) is 3.94. The van der Waals surface area contributed by atoms with E-state index in [9.17, 15) is 29.0 Å². The van der Waals surface area contributed by atoms with Gasteiger partial charge < -0.3 is 36.1 Å². The maximum Gasteiger partial charge on any atom is 0.319 e. The molecule has 2 unspecified atom stereocenters. The van der Waals surface area contributed by atoms with Crippen LogP contribution in [-0.4, -0.2) is 62.9 Å². The second-order valence-electron chi connectivity index (χ2n) is 8.62. The molecule has 0 aliphatic heterocycles. The number of pyridine rings is 1. The molecule has 194 valence electrons. The number of aromatic amines is 2. The molecule has 37 heavy (non-hydrogen) atoms. The molecule has 0 aliphatic carbocycles. The van der Waals surface area contributed by atoms with Crippen LogP contribution in [0.2, 0.25) is 0 Å². The summed E-state index contributed by atoms with van der Waals surface area (Å²) in [5.41, 5.74) is 1.71. The van der Waals surface area contributed by atoms with Crippen LogP contribution in [0.15, 0.2) is 47.3 Å². The third-order valence-electron chi connectivity index (χ3n) is 5.84. The summed E-state index contributed by atoms with van der Waals surface area (Å²) in [6, 6.07) is 10.3. The molecule has 11 nitrogen and oxygen atoms in total. The van der Waals surface area contributed by atoms with Gasteiger partial charge in [0.15, 0.2) is 0 Å². The molecule has 0 radical (unpaired) electrons. The van der Waals surface area contributed by atoms with Crippen molar-refractivity contribution in [2.45, 2.75) is 31.5 Å². The Morgan fingerprint density at radius 1 is 1.08 bits per heavy atom. The van der Waals surface area contributed by atoms with Crippen LogP contribution in [0.3, 0.4) is 0 Å². The number of nitrogens with one attached hydrogen (secondary N) is 5. The van der Waals surface area contributed by atoms with Crippen LogP contribution < -0.4 is 21.5 Å². The van der Waals surface area contributed by atoms with Crippen LogP contribution in [0.1, 0.15) is 19.3 Å². The molecule has 3 amide bonds. The van der Waals surface area contributed by atoms with Gasteiger partial charge in [-0.1, -0.05) is 6.07 Å². The molecule has 0 saturated heterocycles. The normalized spacial score (nSPS) is 12.9. The Kier molecular flexibility index (Phi) is 7.80. The van der Waals surface area contributed by atoms with Gasteiger partial charge in [-0.15, -0.1) is 0 Å². The van der Waals surface area contributed by atoms with E-state index in [1.54, 1.807) is 24.3 Å². The molecule has 0 saturated carbocycles. The third-order valence-corrected chi connectivity index (χ3v) is 5.84. The molecule has 0 bridgehead atoms. The quantitative estimate of drug-likeness (QED) is 0.181. The van der Waals surface area contributed by atoms with Gasteiger partial charge in [0.05, 0.1) is 40.7 Å². The number of nitrogens with zero attached hydrogens (tertiary/aromatic N) is 1. The van der Waals surface area contributed by atoms with Gasteiger partial charge in [-0.05, 0) is 49.2 Å². The zero-order valence-corrected chi connectivity index (χ0v) is 20.0. The van der Waals surface area contributed by atoms with Crippen LogP contribution >= 0.6 is 0 Å². The number of imidazole rings is 1. The first kappa shape index (κ1) is 25.8. The largest absolute Gasteiger partial charge is 0.393 e. The molecule has 2 atom stereocenters. The van der Waals surface area contributed by atoms with E-state index in [4.69, 9.17) is 0 Å². The van der Waals surface area contributed by atoms with Crippen LogP contribution in [0, 0.1) is 5.82 Å². The van der Waals surface area contributed by atoms with Gasteiger partial charge in [-0.2, -0.15) is 0 Å². The number of fused-ring (bicyclic) bond motifs is 2. The molecule has 0 spiro atoms. The van der Waals surface area contributed by atoms with Gasteiger partial charge >= 0.3 is 6.03 Å². The van der Waals surface area contributed by atoms with Crippen LogP contribution in [-0.2, 0) is 4.79 Å². The minimum absolute atomic E-state index is 0.0161. The average molecular weight is 511 g/mol. The number of aromatic nitrogens is 3. The number of hydrogen-bond acceptors (Lipinski definition) is 6. The minimum atomic E-state index is -0.973. The smallest absolute Gasteiger partial charge is 0.319 e. The standard InChI is InChI=1S/C25H27FN6O5/c1-27-22(35)11-15(34)10-14(33)7-8-28-25(37)29-13-5-6-20-21(9-13)31-23(30-20)17-12-16-18(26)3-2-4-19(16)32-24(17)36/h2-6,9,12,14-15,33-34H,7-8,10-11H2,1H3,(H,27,35)(H,30,31)(H,32,36)(H2,28,29,37). The molecule has 2 heterocycles. The lowest BCUT2D eigenvalue weighted by Crippen LogP contribution is -2.32. The van der Waals surface area contributed by atoms with E-state index in [0.717, 1.165) is 0 Å². The fraction of sp³-hybridized carbons (Fsp3) is 0.280. The molecule has 4 rings (SSSR count). The van der Waals surface area contributed by atoms with Gasteiger partial charge in [0.1, 0.15) is 11.6 Å². The number of halogens is 1. The van der Waals surface area contributed by atoms with Crippen LogP contribution in [0.5, 0.6) is 0 Å². The number of carbonyl (C=O) groups is 2. The first-order valence-electron chi connectivity index (χ1n) is 11.7. The Morgan fingerprint density at radius 3 is 2.68 bits per heavy atom. The monoisotopic (exact) mass is 510 g/mol. The zero-order valence-electron chi connectivity index (χ0n) is 20.0. The van der Waals surface area contributed by atoms with Crippen molar-refractivity contribution >= 4 is 39.6 Å². The second kappa shape index (κ2) is 11.2. The highest BCUT2D eigenvalue weighted by Gasteiger charge is 2.16. The highest BCUT2D eigenvalue weighted by Crippen LogP contribution is 2.24. The topological polar surface area (TPSA) is 172 Å². The van der Waals surface area contributed by atoms with Crippen molar-refractivity contribution in [2.75, 3.05) is 18.9 Å². The number of aliphatic hydroxyl groups excluding tert-OH is 2. The van der Waals surface area contributed by atoms with Crippen molar-refractivity contribution in [1.29, 1.82) is 0 Å². The maximum atomic E-state index is 14.2. The Hall–Kier alpha value is -4.29. The van der Waals surface area contributed by atoms with Crippen molar-refractivity contribution in [3.05, 3.63) is 58.6 Å². The SMILES string of the molecule is CNC(=O)CC(O)CC(O)CCNC(=O)Nc1ccc2nc(-c3cc4c(F)cccc4[nH]c3=O)[nH]c2c1. The minimum Gasteiger partial charge on any atom is -0.393 e. The average Bonchev–Trinajstić information content (AvgIpc) is 3.26. The number of aliphatic hydroxyl groups is 2. The van der Waals surface area contributed by atoms with E-state index >= 15 is 0 Å². The highest BCUT2D eigenvalue weighted by atomic mass is 19.1. The van der Waals surface area contributed by atoms with Crippen LogP contribution in [0.4, 0.5) is 14.9 Å². The molecule has 7 N–H and O–H groups in total. The summed E-state index contributed by atoms with van der Waals surface area (Å²) in [6.45, 7) is 0.150. The number of H-pyrrole nitrogens is 2. The summed E-state index contributed by atoms with van der Waals surface area (Å²) in [4.78, 5) is 46.2. The summed E-state index contributed by atoms with van der Waals surface area (Å²) in [6.07, 6.45) is -1.75. The first-order valence-corrected chi connectivity index (χ1v) is 11.7. The van der Waals surface area contributed by atoms with Gasteiger partial charge in [0, 0.05) is 24.7 Å². The summed E-state index contributed by atoms with van der Waals surface area (Å²) >= 11 is 0. The van der Waals surface area contributed by atoms with E-state index in [0.29, 0.717) is 22.2 Å². The number of benzene rings is 2. The Morgan fingerprint density at radius 2 is 1.89 bits per heavy atom. The molecule has 2 aromatic carbocycles. The van der Waals surface area contributed by atoms with E-state index in [-0.39, 0.29) is 48.5 Å². The van der Waals surface area contributed by atoms with Crippen molar-refractivity contribution in [3.8, 4) is 11.4 Å². The summed E-state index contributed by atoms with van der Waals surface area (Å²) < 4.78 is 14.2.